The minimum Gasteiger partial charge on any atom is -0.456 e. The zero-order valence-corrected chi connectivity index (χ0v) is 39.3. The van der Waals surface area contributed by atoms with Gasteiger partial charge < -0.3 is 13.6 Å². The third-order valence-electron chi connectivity index (χ3n) is 14.6. The molecule has 15 aromatic rings. The lowest BCUT2D eigenvalue weighted by Gasteiger charge is -2.15. The minimum absolute atomic E-state index is 0.582. The molecule has 15 rings (SSSR count). The Morgan fingerprint density at radius 1 is 0.301 bits per heavy atom. The number of hydrogen-bond donors (Lipinski definition) is 0. The average molecular weight is 932 g/mol. The number of nitrogens with zero attached hydrogens (tertiary/aromatic N) is 5. The topological polar surface area (TPSA) is 61.7 Å². The van der Waals surface area contributed by atoms with Gasteiger partial charge in [-0.3, -0.25) is 0 Å². The van der Waals surface area contributed by atoms with Crippen LogP contribution in [0.4, 0.5) is 0 Å². The quantitative estimate of drug-likeness (QED) is 0.160. The van der Waals surface area contributed by atoms with E-state index in [1.54, 1.807) is 0 Å². The van der Waals surface area contributed by atoms with Crippen LogP contribution >= 0.6 is 0 Å². The molecule has 0 spiro atoms. The number of furan rings is 1. The maximum Gasteiger partial charge on any atom is 0.164 e. The molecule has 0 fully saturated rings. The molecule has 0 saturated heterocycles. The molecule has 4 heterocycles. The molecular formula is C67H41N5O. The fourth-order valence-electron chi connectivity index (χ4n) is 11.3. The first kappa shape index (κ1) is 40.9. The van der Waals surface area contributed by atoms with Crippen molar-refractivity contribution in [1.29, 1.82) is 0 Å². The maximum absolute atomic E-state index is 6.27. The summed E-state index contributed by atoms with van der Waals surface area (Å²) in [5.74, 6) is 1.77. The van der Waals surface area contributed by atoms with Crippen molar-refractivity contribution in [2.24, 2.45) is 0 Å². The standard InChI is InChI=1S/C67H41N5O/c1-2-16-42(17-3-1)46-20-12-21-48(40-46)71-57-29-9-6-23-51(57)53-27-14-32-60(64(53)71)72-58-30-10-7-25-54(58)63-55(28-15-31-59(63)72)67-69-65(45-36-34-44(35-37-45)50-26-13-19-43-18-4-5-22-49(43)50)68-66(70-67)47-38-39-62-56(41-47)52-24-8-11-33-61(52)73-62/h1-41H. The van der Waals surface area contributed by atoms with Crippen molar-refractivity contribution >= 4 is 76.3 Å². The van der Waals surface area contributed by atoms with Crippen LogP contribution in [0.1, 0.15) is 0 Å². The van der Waals surface area contributed by atoms with Gasteiger partial charge in [-0.25, -0.2) is 15.0 Å². The Balaban J connectivity index is 0.955. The molecule has 0 N–H and O–H groups in total. The summed E-state index contributed by atoms with van der Waals surface area (Å²) in [4.78, 5) is 16.1. The van der Waals surface area contributed by atoms with Gasteiger partial charge in [0, 0.05) is 54.7 Å². The predicted octanol–water partition coefficient (Wildman–Crippen LogP) is 17.5. The highest BCUT2D eigenvalue weighted by Gasteiger charge is 2.24. The van der Waals surface area contributed by atoms with Crippen LogP contribution in [0.3, 0.4) is 0 Å². The van der Waals surface area contributed by atoms with Crippen LogP contribution in [0.25, 0.3) is 144 Å². The van der Waals surface area contributed by atoms with E-state index in [-0.39, 0.29) is 0 Å². The highest BCUT2D eigenvalue weighted by Crippen LogP contribution is 2.43. The Labute approximate surface area is 419 Å². The van der Waals surface area contributed by atoms with E-state index in [9.17, 15) is 0 Å². The molecule has 73 heavy (non-hydrogen) atoms. The molecule has 0 aliphatic heterocycles. The fraction of sp³-hybridized carbons (Fsp3) is 0. The summed E-state index contributed by atoms with van der Waals surface area (Å²) in [6, 6.07) is 88.2. The zero-order chi connectivity index (χ0) is 48.0. The van der Waals surface area contributed by atoms with Crippen molar-refractivity contribution in [2.75, 3.05) is 0 Å². The van der Waals surface area contributed by atoms with Crippen molar-refractivity contribution in [1.82, 2.24) is 24.1 Å². The van der Waals surface area contributed by atoms with Gasteiger partial charge in [0.2, 0.25) is 0 Å². The number of benzene rings is 11. The summed E-state index contributed by atoms with van der Waals surface area (Å²) in [5.41, 5.74) is 15.6. The van der Waals surface area contributed by atoms with E-state index in [4.69, 9.17) is 19.4 Å². The second-order valence-corrected chi connectivity index (χ2v) is 18.7. The average Bonchev–Trinajstić information content (AvgIpc) is 4.13. The number of aromatic nitrogens is 5. The molecule has 4 aromatic heterocycles. The fourth-order valence-corrected chi connectivity index (χ4v) is 11.3. The van der Waals surface area contributed by atoms with Gasteiger partial charge in [-0.05, 0) is 93.7 Å². The van der Waals surface area contributed by atoms with Crippen LogP contribution in [0.2, 0.25) is 0 Å². The van der Waals surface area contributed by atoms with E-state index < -0.39 is 0 Å². The van der Waals surface area contributed by atoms with Crippen LogP contribution in [0.5, 0.6) is 0 Å². The van der Waals surface area contributed by atoms with Gasteiger partial charge in [-0.2, -0.15) is 0 Å². The molecule has 0 bridgehead atoms. The molecular weight excluding hydrogens is 891 g/mol. The maximum atomic E-state index is 6.27. The second kappa shape index (κ2) is 16.3. The molecule has 0 radical (unpaired) electrons. The van der Waals surface area contributed by atoms with E-state index >= 15 is 0 Å². The summed E-state index contributed by atoms with van der Waals surface area (Å²) >= 11 is 0. The van der Waals surface area contributed by atoms with Gasteiger partial charge in [-0.15, -0.1) is 0 Å². The molecule has 0 aliphatic rings. The summed E-state index contributed by atoms with van der Waals surface area (Å²) in [5, 5.41) is 9.03. The first-order valence-electron chi connectivity index (χ1n) is 24.7. The van der Waals surface area contributed by atoms with Crippen molar-refractivity contribution in [3.63, 3.8) is 0 Å². The van der Waals surface area contributed by atoms with Crippen molar-refractivity contribution < 1.29 is 4.42 Å². The van der Waals surface area contributed by atoms with E-state index in [0.717, 1.165) is 94.0 Å². The lowest BCUT2D eigenvalue weighted by atomic mass is 9.97. The second-order valence-electron chi connectivity index (χ2n) is 18.7. The lowest BCUT2D eigenvalue weighted by molar-refractivity contribution is 0.669. The monoisotopic (exact) mass is 931 g/mol. The van der Waals surface area contributed by atoms with Gasteiger partial charge in [0.05, 0.1) is 27.8 Å². The van der Waals surface area contributed by atoms with E-state index in [1.807, 2.05) is 24.3 Å². The lowest BCUT2D eigenvalue weighted by Crippen LogP contribution is -2.01. The van der Waals surface area contributed by atoms with Gasteiger partial charge in [0.25, 0.3) is 0 Å². The van der Waals surface area contributed by atoms with E-state index in [0.29, 0.717) is 17.5 Å². The Hall–Kier alpha value is -9.91. The van der Waals surface area contributed by atoms with Crippen LogP contribution in [-0.2, 0) is 0 Å². The molecule has 0 atom stereocenters. The molecule has 0 aliphatic carbocycles. The molecule has 0 amide bonds. The number of para-hydroxylation sites is 4. The summed E-state index contributed by atoms with van der Waals surface area (Å²) in [7, 11) is 0. The molecule has 340 valence electrons. The van der Waals surface area contributed by atoms with Crippen molar-refractivity contribution in [3.05, 3.63) is 249 Å². The largest absolute Gasteiger partial charge is 0.456 e. The van der Waals surface area contributed by atoms with Gasteiger partial charge >= 0.3 is 0 Å². The number of hydrogen-bond acceptors (Lipinski definition) is 4. The van der Waals surface area contributed by atoms with E-state index in [1.165, 1.54) is 32.7 Å². The molecule has 0 unspecified atom stereocenters. The zero-order valence-electron chi connectivity index (χ0n) is 39.3. The minimum atomic E-state index is 0.582. The molecule has 11 aromatic carbocycles. The predicted molar refractivity (Wildman–Crippen MR) is 300 cm³/mol. The van der Waals surface area contributed by atoms with Crippen LogP contribution in [0.15, 0.2) is 253 Å². The highest BCUT2D eigenvalue weighted by atomic mass is 16.3. The van der Waals surface area contributed by atoms with Crippen LogP contribution in [-0.4, -0.2) is 24.1 Å². The Bertz CT molecular complexity index is 4670. The van der Waals surface area contributed by atoms with E-state index in [2.05, 4.69) is 234 Å². The summed E-state index contributed by atoms with van der Waals surface area (Å²) < 4.78 is 11.1. The van der Waals surface area contributed by atoms with Gasteiger partial charge in [0.15, 0.2) is 17.5 Å². The van der Waals surface area contributed by atoms with Crippen molar-refractivity contribution in [2.45, 2.75) is 0 Å². The SMILES string of the molecule is c1ccc(-c2cccc(-n3c4ccccc4c4cccc(-n5c6ccccc6c6c(-c7nc(-c8ccc(-c9cccc%10ccccc9%10)cc8)nc(-c8ccc9oc%10ccccc%10c9c8)n7)cccc65)c43)c2)cc1. The third-order valence-corrected chi connectivity index (χ3v) is 14.6. The number of fused-ring (bicyclic) bond motifs is 10. The first-order chi connectivity index (χ1) is 36.2. The van der Waals surface area contributed by atoms with Crippen LogP contribution in [0, 0.1) is 0 Å². The normalized spacial score (nSPS) is 11.8. The molecule has 6 nitrogen and oxygen atoms in total. The first-order valence-corrected chi connectivity index (χ1v) is 24.7. The Morgan fingerprint density at radius 3 is 1.74 bits per heavy atom. The summed E-state index contributed by atoms with van der Waals surface area (Å²) in [6.07, 6.45) is 0. The molecule has 6 heteroatoms. The van der Waals surface area contributed by atoms with Gasteiger partial charge in [0.1, 0.15) is 11.2 Å². The van der Waals surface area contributed by atoms with Gasteiger partial charge in [-0.1, -0.05) is 188 Å². The third kappa shape index (κ3) is 6.54. The molecule has 0 saturated carbocycles. The Kier molecular flexibility index (Phi) is 9.16. The number of rotatable bonds is 7. The Morgan fingerprint density at radius 2 is 0.877 bits per heavy atom. The van der Waals surface area contributed by atoms with Crippen LogP contribution < -0.4 is 0 Å². The van der Waals surface area contributed by atoms with Crippen molar-refractivity contribution in [3.8, 4) is 67.8 Å². The highest BCUT2D eigenvalue weighted by molar-refractivity contribution is 6.18. The smallest absolute Gasteiger partial charge is 0.164 e. The summed E-state index contributed by atoms with van der Waals surface area (Å²) in [6.45, 7) is 0.